The molecular weight excluding hydrogens is 627 g/mol. The number of halogens is 4. The van der Waals surface area contributed by atoms with E-state index in [1.807, 2.05) is 6.07 Å². The summed E-state index contributed by atoms with van der Waals surface area (Å²) in [5, 5.41) is 2.13. The molecule has 0 radical (unpaired) electrons. The van der Waals surface area contributed by atoms with Crippen molar-refractivity contribution in [2.24, 2.45) is 0 Å². The van der Waals surface area contributed by atoms with Crippen LogP contribution in [0.3, 0.4) is 0 Å². The normalized spacial score (nSPS) is 12.3. The Bertz CT molecular complexity index is 1710. The number of likely N-dealkylation sites (N-methyl/N-ethyl adjacent to an activating group) is 1. The Morgan fingerprint density at radius 3 is 1.96 bits per heavy atom. The largest absolute Gasteiger partial charge is 0.417 e. The van der Waals surface area contributed by atoms with Crippen molar-refractivity contribution in [1.29, 1.82) is 0 Å². The zero-order valence-corrected chi connectivity index (χ0v) is 25.8. The van der Waals surface area contributed by atoms with Crippen molar-refractivity contribution in [3.63, 3.8) is 0 Å². The highest BCUT2D eigenvalue weighted by Crippen LogP contribution is 2.38. The molecule has 0 aliphatic heterocycles. The van der Waals surface area contributed by atoms with E-state index in [0.717, 1.165) is 17.7 Å². The quantitative estimate of drug-likeness (QED) is 0.193. The first-order valence-electron chi connectivity index (χ1n) is 14.0. The Balaban J connectivity index is 1.83. The number of carbonyl (C=O) groups is 2. The van der Waals surface area contributed by atoms with Gasteiger partial charge in [-0.1, -0.05) is 90.5 Å². The van der Waals surface area contributed by atoms with Gasteiger partial charge in [0.15, 0.2) is 0 Å². The van der Waals surface area contributed by atoms with Crippen LogP contribution in [0.5, 0.6) is 0 Å². The number of sulfonamides is 1. The highest BCUT2D eigenvalue weighted by Gasteiger charge is 2.37. The molecule has 0 aliphatic rings. The fourth-order valence-corrected chi connectivity index (χ4v) is 6.41. The fraction of sp³-hybridized carbons (Fsp3) is 0.212. The van der Waals surface area contributed by atoms with Gasteiger partial charge in [0.1, 0.15) is 12.6 Å². The summed E-state index contributed by atoms with van der Waals surface area (Å²) in [6.07, 6.45) is -4.78. The number of benzene rings is 4. The van der Waals surface area contributed by atoms with Crippen molar-refractivity contribution in [2.75, 3.05) is 17.4 Å². The Labute approximate surface area is 265 Å². The summed E-state index contributed by atoms with van der Waals surface area (Å²) in [7, 11) is -4.57. The summed E-state index contributed by atoms with van der Waals surface area (Å²) in [6, 6.07) is 26.5. The molecular formula is C33H31ClF3N3O4S. The topological polar surface area (TPSA) is 86.8 Å². The Morgan fingerprint density at radius 1 is 0.844 bits per heavy atom. The van der Waals surface area contributed by atoms with Gasteiger partial charge in [0, 0.05) is 19.5 Å². The molecule has 45 heavy (non-hydrogen) atoms. The fourth-order valence-electron chi connectivity index (χ4n) is 4.76. The molecule has 2 amide bonds. The maximum atomic E-state index is 14.3. The van der Waals surface area contributed by atoms with Crippen molar-refractivity contribution >= 4 is 39.1 Å². The summed E-state index contributed by atoms with van der Waals surface area (Å²) in [4.78, 5) is 28.8. The van der Waals surface area contributed by atoms with Gasteiger partial charge in [0.25, 0.3) is 10.0 Å². The highest BCUT2D eigenvalue weighted by molar-refractivity contribution is 7.92. The number of nitrogens with zero attached hydrogens (tertiary/aromatic N) is 2. The van der Waals surface area contributed by atoms with Crippen LogP contribution in [-0.4, -0.2) is 44.3 Å². The van der Waals surface area contributed by atoms with E-state index >= 15 is 0 Å². The second-order valence-electron chi connectivity index (χ2n) is 10.1. The number of nitrogens with one attached hydrogen (secondary N) is 1. The molecule has 0 fully saturated rings. The van der Waals surface area contributed by atoms with Gasteiger partial charge >= 0.3 is 6.18 Å². The number of anilines is 1. The molecule has 1 atom stereocenters. The first-order chi connectivity index (χ1) is 21.4. The van der Waals surface area contributed by atoms with E-state index in [2.05, 4.69) is 5.32 Å². The van der Waals surface area contributed by atoms with Crippen LogP contribution in [0.1, 0.15) is 23.6 Å². The second kappa shape index (κ2) is 14.6. The summed E-state index contributed by atoms with van der Waals surface area (Å²) < 4.78 is 70.1. The lowest BCUT2D eigenvalue weighted by atomic mass is 10.0. The second-order valence-corrected chi connectivity index (χ2v) is 12.4. The van der Waals surface area contributed by atoms with Crippen molar-refractivity contribution < 1.29 is 31.2 Å². The molecule has 1 unspecified atom stereocenters. The van der Waals surface area contributed by atoms with Crippen LogP contribution in [0.2, 0.25) is 5.02 Å². The minimum Gasteiger partial charge on any atom is -0.355 e. The average Bonchev–Trinajstić information content (AvgIpc) is 3.02. The Hall–Kier alpha value is -4.35. The van der Waals surface area contributed by atoms with Gasteiger partial charge in [0.2, 0.25) is 11.8 Å². The smallest absolute Gasteiger partial charge is 0.355 e. The maximum absolute atomic E-state index is 14.3. The third-order valence-corrected chi connectivity index (χ3v) is 9.09. The molecule has 0 saturated heterocycles. The number of amides is 2. The molecule has 0 aromatic heterocycles. The van der Waals surface area contributed by atoms with E-state index in [1.54, 1.807) is 67.6 Å². The van der Waals surface area contributed by atoms with E-state index in [-0.39, 0.29) is 24.4 Å². The number of hydrogen-bond donors (Lipinski definition) is 1. The molecule has 1 N–H and O–H groups in total. The summed E-state index contributed by atoms with van der Waals surface area (Å²) in [5.74, 6) is -1.26. The minimum absolute atomic E-state index is 0.0675. The molecule has 4 aromatic rings. The summed E-state index contributed by atoms with van der Waals surface area (Å²) in [5.41, 5.74) is -0.258. The summed E-state index contributed by atoms with van der Waals surface area (Å²) in [6.45, 7) is 1.04. The van der Waals surface area contributed by atoms with Crippen molar-refractivity contribution in [3.8, 4) is 0 Å². The summed E-state index contributed by atoms with van der Waals surface area (Å²) >= 11 is 5.84. The number of alkyl halides is 3. The highest BCUT2D eigenvalue weighted by atomic mass is 35.5. The van der Waals surface area contributed by atoms with E-state index < -0.39 is 56.9 Å². The number of hydrogen-bond acceptors (Lipinski definition) is 4. The van der Waals surface area contributed by atoms with E-state index in [9.17, 15) is 31.2 Å². The molecule has 0 saturated carbocycles. The van der Waals surface area contributed by atoms with Crippen molar-refractivity contribution in [3.05, 3.63) is 131 Å². The van der Waals surface area contributed by atoms with Crippen LogP contribution in [0, 0.1) is 0 Å². The standard InChI is InChI=1S/C33H31ClF3N3O4S/c1-2-38-32(42)30(20-24-12-6-3-7-13-24)39(22-25-14-8-4-9-15-25)31(41)23-40(45(43,44)27-16-10-5-11-17-27)26-18-19-29(34)28(21-26)33(35,36)37/h3-19,21,30H,2,20,22-23H2,1H3,(H,38,42). The molecule has 0 heterocycles. The van der Waals surface area contributed by atoms with Gasteiger partial charge in [-0.15, -0.1) is 0 Å². The minimum atomic E-state index is -4.89. The molecule has 12 heteroatoms. The molecule has 236 valence electrons. The third kappa shape index (κ3) is 8.43. The SMILES string of the molecule is CCNC(=O)C(Cc1ccccc1)N(Cc1ccccc1)C(=O)CN(c1ccc(Cl)c(C(F)(F)F)c1)S(=O)(=O)c1ccccc1. The van der Waals surface area contributed by atoms with Crippen LogP contribution in [0.25, 0.3) is 0 Å². The maximum Gasteiger partial charge on any atom is 0.417 e. The molecule has 4 rings (SSSR count). The van der Waals surface area contributed by atoms with E-state index in [1.165, 1.54) is 29.2 Å². The van der Waals surface area contributed by atoms with E-state index in [4.69, 9.17) is 11.6 Å². The Morgan fingerprint density at radius 2 is 1.40 bits per heavy atom. The first kappa shape index (κ1) is 33.5. The van der Waals surface area contributed by atoms with Crippen LogP contribution in [0.15, 0.2) is 114 Å². The van der Waals surface area contributed by atoms with Gasteiger partial charge in [-0.25, -0.2) is 8.42 Å². The van der Waals surface area contributed by atoms with Gasteiger partial charge in [0.05, 0.1) is 21.2 Å². The predicted molar refractivity (Wildman–Crippen MR) is 167 cm³/mol. The van der Waals surface area contributed by atoms with Crippen LogP contribution in [-0.2, 0) is 38.8 Å². The van der Waals surface area contributed by atoms with Gasteiger partial charge in [-0.05, 0) is 48.4 Å². The van der Waals surface area contributed by atoms with Crippen LogP contribution in [0.4, 0.5) is 18.9 Å². The molecule has 7 nitrogen and oxygen atoms in total. The Kier molecular flexibility index (Phi) is 10.9. The molecule has 4 aromatic carbocycles. The lowest BCUT2D eigenvalue weighted by Gasteiger charge is -2.34. The van der Waals surface area contributed by atoms with Crippen LogP contribution < -0.4 is 9.62 Å². The van der Waals surface area contributed by atoms with Gasteiger partial charge in [-0.2, -0.15) is 13.2 Å². The number of carbonyl (C=O) groups excluding carboxylic acids is 2. The first-order valence-corrected chi connectivity index (χ1v) is 15.8. The molecule has 0 aliphatic carbocycles. The lowest BCUT2D eigenvalue weighted by molar-refractivity contribution is -0.140. The van der Waals surface area contributed by atoms with Gasteiger partial charge in [-0.3, -0.25) is 13.9 Å². The lowest BCUT2D eigenvalue weighted by Crippen LogP contribution is -2.53. The monoisotopic (exact) mass is 657 g/mol. The number of rotatable bonds is 12. The predicted octanol–water partition coefficient (Wildman–Crippen LogP) is 6.33. The van der Waals surface area contributed by atoms with E-state index in [0.29, 0.717) is 15.9 Å². The van der Waals surface area contributed by atoms with Gasteiger partial charge < -0.3 is 10.2 Å². The van der Waals surface area contributed by atoms with Crippen molar-refractivity contribution in [2.45, 2.75) is 37.0 Å². The zero-order chi connectivity index (χ0) is 32.6. The van der Waals surface area contributed by atoms with Crippen molar-refractivity contribution in [1.82, 2.24) is 10.2 Å². The zero-order valence-electron chi connectivity index (χ0n) is 24.2. The molecule has 0 spiro atoms. The average molecular weight is 658 g/mol. The molecule has 0 bridgehead atoms. The third-order valence-electron chi connectivity index (χ3n) is 6.97. The van der Waals surface area contributed by atoms with Crippen LogP contribution >= 0.6 is 11.6 Å².